The average Bonchev–Trinajstić information content (AvgIpc) is 3.00. The molecule has 3 rings (SSSR count). The highest BCUT2D eigenvalue weighted by atomic mass is 35.5. The molecule has 1 atom stereocenters. The Morgan fingerprint density at radius 1 is 1.37 bits per heavy atom. The number of hydrogen-bond donors (Lipinski definition) is 2. The van der Waals surface area contributed by atoms with Gasteiger partial charge in [-0.15, -0.1) is 6.58 Å². The fraction of sp³-hybridized carbons (Fsp3) is 0.409. The van der Waals surface area contributed by atoms with Crippen molar-refractivity contribution < 1.29 is 14.4 Å². The Labute approximate surface area is 181 Å². The van der Waals surface area contributed by atoms with Gasteiger partial charge in [-0.3, -0.25) is 14.5 Å². The van der Waals surface area contributed by atoms with E-state index in [4.69, 9.17) is 11.6 Å². The summed E-state index contributed by atoms with van der Waals surface area (Å²) in [6, 6.07) is 6.12. The Morgan fingerprint density at radius 2 is 2.10 bits per heavy atom. The second-order valence-electron chi connectivity index (χ2n) is 7.86. The van der Waals surface area contributed by atoms with Gasteiger partial charge in [0.2, 0.25) is 5.91 Å². The third-order valence-corrected chi connectivity index (χ3v) is 5.55. The van der Waals surface area contributed by atoms with Crippen molar-refractivity contribution in [1.29, 1.82) is 0 Å². The van der Waals surface area contributed by atoms with Crippen LogP contribution in [0.4, 0.5) is 4.79 Å². The lowest BCUT2D eigenvalue weighted by molar-refractivity contribution is -0.131. The molecule has 0 unspecified atom stereocenters. The van der Waals surface area contributed by atoms with Gasteiger partial charge in [-0.2, -0.15) is 0 Å². The summed E-state index contributed by atoms with van der Waals surface area (Å²) in [5.74, 6) is -0.00989. The molecule has 2 heterocycles. The standard InChI is InChI=1S/C22H27ClN4O3/c1-4-11-27-17-12-26(13-18(28)24-10-9-14(2)3)21(29)19(17)20(25-22(27)30)15-7-5-6-8-16(15)23/h4-8,14,20H,1,9-13H2,2-3H3,(H,24,28)(H,25,30)/t20-/m0/s1. The molecule has 2 N–H and O–H groups in total. The molecular formula is C22H27ClN4O3. The zero-order valence-corrected chi connectivity index (χ0v) is 18.0. The van der Waals surface area contributed by atoms with Crippen LogP contribution in [0.5, 0.6) is 0 Å². The molecule has 0 aromatic heterocycles. The van der Waals surface area contributed by atoms with E-state index >= 15 is 0 Å². The minimum Gasteiger partial charge on any atom is -0.355 e. The van der Waals surface area contributed by atoms with Crippen LogP contribution in [-0.2, 0) is 9.59 Å². The SMILES string of the molecule is C=CCN1C(=O)N[C@@H](c2ccccc2Cl)C2=C1CN(CC(=O)NCCC(C)C)C2=O. The summed E-state index contributed by atoms with van der Waals surface area (Å²) in [6.07, 6.45) is 2.47. The highest BCUT2D eigenvalue weighted by Crippen LogP contribution is 2.38. The van der Waals surface area contributed by atoms with Crippen molar-refractivity contribution in [3.63, 3.8) is 0 Å². The molecule has 0 aliphatic carbocycles. The molecule has 7 nitrogen and oxygen atoms in total. The molecule has 0 fully saturated rings. The van der Waals surface area contributed by atoms with Crippen molar-refractivity contribution in [2.24, 2.45) is 5.92 Å². The van der Waals surface area contributed by atoms with Gasteiger partial charge < -0.3 is 15.5 Å². The molecule has 0 saturated heterocycles. The molecule has 0 saturated carbocycles. The second-order valence-corrected chi connectivity index (χ2v) is 8.26. The van der Waals surface area contributed by atoms with Crippen LogP contribution < -0.4 is 10.6 Å². The summed E-state index contributed by atoms with van der Waals surface area (Å²) >= 11 is 6.35. The summed E-state index contributed by atoms with van der Waals surface area (Å²) in [5.41, 5.74) is 1.68. The molecule has 2 aliphatic rings. The molecule has 160 valence electrons. The Morgan fingerprint density at radius 3 is 2.77 bits per heavy atom. The van der Waals surface area contributed by atoms with Crippen LogP contribution in [0.3, 0.4) is 0 Å². The minimum atomic E-state index is -0.663. The Hall–Kier alpha value is -2.80. The highest BCUT2D eigenvalue weighted by Gasteiger charge is 2.44. The van der Waals surface area contributed by atoms with E-state index < -0.39 is 6.04 Å². The maximum atomic E-state index is 13.2. The first kappa shape index (κ1) is 21.9. The summed E-state index contributed by atoms with van der Waals surface area (Å²) in [6.45, 7) is 8.83. The van der Waals surface area contributed by atoms with Crippen molar-refractivity contribution in [2.75, 3.05) is 26.2 Å². The lowest BCUT2D eigenvalue weighted by atomic mass is 9.95. The smallest absolute Gasteiger partial charge is 0.322 e. The summed E-state index contributed by atoms with van der Waals surface area (Å²) in [7, 11) is 0. The third-order valence-electron chi connectivity index (χ3n) is 5.20. The zero-order valence-electron chi connectivity index (χ0n) is 17.3. The van der Waals surface area contributed by atoms with Crippen LogP contribution in [-0.4, -0.2) is 53.8 Å². The first-order chi connectivity index (χ1) is 14.3. The van der Waals surface area contributed by atoms with Gasteiger partial charge in [0, 0.05) is 18.1 Å². The van der Waals surface area contributed by atoms with Crippen LogP contribution in [0.2, 0.25) is 5.02 Å². The van der Waals surface area contributed by atoms with Crippen LogP contribution in [0.1, 0.15) is 31.9 Å². The number of rotatable bonds is 8. The Balaban J connectivity index is 1.85. The molecule has 1 aromatic rings. The molecule has 8 heteroatoms. The lowest BCUT2D eigenvalue weighted by Crippen LogP contribution is -2.47. The van der Waals surface area contributed by atoms with E-state index in [-0.39, 0.29) is 37.5 Å². The van der Waals surface area contributed by atoms with Gasteiger partial charge in [-0.05, 0) is 24.0 Å². The van der Waals surface area contributed by atoms with E-state index in [0.717, 1.165) is 6.42 Å². The number of hydrogen-bond acceptors (Lipinski definition) is 3. The van der Waals surface area contributed by atoms with Gasteiger partial charge in [0.05, 0.1) is 23.9 Å². The summed E-state index contributed by atoms with van der Waals surface area (Å²) in [5, 5.41) is 6.20. The lowest BCUT2D eigenvalue weighted by Gasteiger charge is -2.33. The predicted molar refractivity (Wildman–Crippen MR) is 116 cm³/mol. The average molecular weight is 431 g/mol. The highest BCUT2D eigenvalue weighted by molar-refractivity contribution is 6.31. The first-order valence-corrected chi connectivity index (χ1v) is 10.4. The van der Waals surface area contributed by atoms with Gasteiger partial charge in [0.15, 0.2) is 0 Å². The van der Waals surface area contributed by atoms with Gasteiger partial charge in [-0.1, -0.05) is 49.7 Å². The molecule has 1 aromatic carbocycles. The quantitative estimate of drug-likeness (QED) is 0.622. The van der Waals surface area contributed by atoms with E-state index in [2.05, 4.69) is 31.1 Å². The number of carbonyl (C=O) groups is 3. The third kappa shape index (κ3) is 4.51. The molecule has 4 amide bonds. The summed E-state index contributed by atoms with van der Waals surface area (Å²) in [4.78, 5) is 41.3. The van der Waals surface area contributed by atoms with Crippen LogP contribution in [0, 0.1) is 5.92 Å². The summed E-state index contributed by atoms with van der Waals surface area (Å²) < 4.78 is 0. The van der Waals surface area contributed by atoms with Crippen molar-refractivity contribution in [3.8, 4) is 0 Å². The van der Waals surface area contributed by atoms with Gasteiger partial charge in [-0.25, -0.2) is 4.79 Å². The molecular weight excluding hydrogens is 404 g/mol. The van der Waals surface area contributed by atoms with E-state index in [1.165, 1.54) is 9.80 Å². The minimum absolute atomic E-state index is 0.0602. The van der Waals surface area contributed by atoms with Crippen molar-refractivity contribution >= 4 is 29.4 Å². The molecule has 0 radical (unpaired) electrons. The number of urea groups is 1. The topological polar surface area (TPSA) is 81.8 Å². The van der Waals surface area contributed by atoms with Crippen LogP contribution in [0.25, 0.3) is 0 Å². The fourth-order valence-corrected chi connectivity index (χ4v) is 3.92. The first-order valence-electron chi connectivity index (χ1n) is 10.1. The maximum absolute atomic E-state index is 13.2. The number of nitrogens with zero attached hydrogens (tertiary/aromatic N) is 2. The van der Waals surface area contributed by atoms with E-state index in [0.29, 0.717) is 34.3 Å². The number of benzene rings is 1. The fourth-order valence-electron chi connectivity index (χ4n) is 3.67. The Bertz CT molecular complexity index is 896. The monoisotopic (exact) mass is 430 g/mol. The van der Waals surface area contributed by atoms with Crippen LogP contribution in [0.15, 0.2) is 48.2 Å². The van der Waals surface area contributed by atoms with Gasteiger partial charge >= 0.3 is 6.03 Å². The normalized spacial score (nSPS) is 18.6. The number of amides is 4. The zero-order chi connectivity index (χ0) is 21.8. The molecule has 30 heavy (non-hydrogen) atoms. The molecule has 0 bridgehead atoms. The van der Waals surface area contributed by atoms with Gasteiger partial charge in [0.1, 0.15) is 6.54 Å². The number of halogens is 1. The molecule has 0 spiro atoms. The predicted octanol–water partition coefficient (Wildman–Crippen LogP) is 2.85. The van der Waals surface area contributed by atoms with Crippen molar-refractivity contribution in [2.45, 2.75) is 26.3 Å². The number of carbonyl (C=O) groups excluding carboxylic acids is 3. The Kier molecular flexibility index (Phi) is 6.82. The molecule has 2 aliphatic heterocycles. The largest absolute Gasteiger partial charge is 0.355 e. The maximum Gasteiger partial charge on any atom is 0.322 e. The van der Waals surface area contributed by atoms with E-state index in [1.807, 2.05) is 6.07 Å². The van der Waals surface area contributed by atoms with Crippen LogP contribution >= 0.6 is 11.6 Å². The second kappa shape index (κ2) is 9.34. The van der Waals surface area contributed by atoms with E-state index in [9.17, 15) is 14.4 Å². The van der Waals surface area contributed by atoms with Crippen molar-refractivity contribution in [3.05, 3.63) is 58.8 Å². The van der Waals surface area contributed by atoms with E-state index in [1.54, 1.807) is 24.3 Å². The van der Waals surface area contributed by atoms with Crippen molar-refractivity contribution in [1.82, 2.24) is 20.4 Å². The number of nitrogens with one attached hydrogen (secondary N) is 2. The van der Waals surface area contributed by atoms with Gasteiger partial charge in [0.25, 0.3) is 5.91 Å².